The first kappa shape index (κ1) is 13.6. The summed E-state index contributed by atoms with van der Waals surface area (Å²) in [5.41, 5.74) is 4.85. The SMILES string of the molecule is CC(=O)Nc1ccc(-n2c(C)cc3c2CCCC3=O)cc1. The van der Waals surface area contributed by atoms with Gasteiger partial charge in [0, 0.05) is 41.7 Å². The highest BCUT2D eigenvalue weighted by Gasteiger charge is 2.23. The van der Waals surface area contributed by atoms with E-state index in [9.17, 15) is 9.59 Å². The molecule has 1 N–H and O–H groups in total. The fourth-order valence-corrected chi connectivity index (χ4v) is 2.99. The summed E-state index contributed by atoms with van der Waals surface area (Å²) in [6.07, 6.45) is 2.50. The van der Waals surface area contributed by atoms with E-state index >= 15 is 0 Å². The molecule has 0 saturated heterocycles. The van der Waals surface area contributed by atoms with Gasteiger partial charge in [-0.1, -0.05) is 0 Å². The van der Waals surface area contributed by atoms with E-state index in [2.05, 4.69) is 9.88 Å². The smallest absolute Gasteiger partial charge is 0.221 e. The minimum atomic E-state index is -0.0807. The van der Waals surface area contributed by atoms with E-state index in [1.807, 2.05) is 37.3 Å². The highest BCUT2D eigenvalue weighted by atomic mass is 16.1. The zero-order chi connectivity index (χ0) is 15.0. The quantitative estimate of drug-likeness (QED) is 0.919. The van der Waals surface area contributed by atoms with Gasteiger partial charge < -0.3 is 9.88 Å². The van der Waals surface area contributed by atoms with E-state index < -0.39 is 0 Å². The van der Waals surface area contributed by atoms with Crippen LogP contribution in [0.4, 0.5) is 5.69 Å². The average molecular weight is 282 g/mol. The second-order valence-corrected chi connectivity index (χ2v) is 5.49. The van der Waals surface area contributed by atoms with Crippen LogP contribution in [0.25, 0.3) is 5.69 Å². The molecule has 21 heavy (non-hydrogen) atoms. The number of fused-ring (bicyclic) bond motifs is 1. The van der Waals surface area contributed by atoms with Crippen LogP contribution < -0.4 is 5.32 Å². The van der Waals surface area contributed by atoms with Gasteiger partial charge in [0.25, 0.3) is 0 Å². The summed E-state index contributed by atoms with van der Waals surface area (Å²) in [6.45, 7) is 3.51. The van der Waals surface area contributed by atoms with Gasteiger partial charge in [0.2, 0.25) is 5.91 Å². The number of amides is 1. The van der Waals surface area contributed by atoms with Crippen LogP contribution in [0.1, 0.15) is 41.5 Å². The number of aromatic nitrogens is 1. The molecule has 4 nitrogen and oxygen atoms in total. The molecule has 0 unspecified atom stereocenters. The highest BCUT2D eigenvalue weighted by Crippen LogP contribution is 2.28. The highest BCUT2D eigenvalue weighted by molar-refractivity contribution is 5.98. The molecule has 1 aromatic heterocycles. The molecule has 1 amide bonds. The minimum absolute atomic E-state index is 0.0807. The third-order valence-corrected chi connectivity index (χ3v) is 3.85. The van der Waals surface area contributed by atoms with Crippen LogP contribution in [-0.4, -0.2) is 16.3 Å². The van der Waals surface area contributed by atoms with Gasteiger partial charge in [0.1, 0.15) is 0 Å². The molecule has 0 bridgehead atoms. The molecule has 0 atom stereocenters. The molecule has 0 aliphatic heterocycles. The van der Waals surface area contributed by atoms with Crippen molar-refractivity contribution in [2.75, 3.05) is 5.32 Å². The van der Waals surface area contributed by atoms with E-state index in [0.29, 0.717) is 6.42 Å². The van der Waals surface area contributed by atoms with E-state index in [1.165, 1.54) is 6.92 Å². The number of nitrogens with zero attached hydrogens (tertiary/aromatic N) is 1. The maximum absolute atomic E-state index is 12.0. The number of carbonyl (C=O) groups is 2. The predicted molar refractivity (Wildman–Crippen MR) is 82.1 cm³/mol. The van der Waals surface area contributed by atoms with Gasteiger partial charge in [-0.05, 0) is 50.1 Å². The van der Waals surface area contributed by atoms with E-state index in [0.717, 1.165) is 41.2 Å². The molecule has 1 aromatic carbocycles. The van der Waals surface area contributed by atoms with Crippen molar-refractivity contribution >= 4 is 17.4 Å². The van der Waals surface area contributed by atoms with Crippen molar-refractivity contribution < 1.29 is 9.59 Å². The van der Waals surface area contributed by atoms with Crippen molar-refractivity contribution in [2.45, 2.75) is 33.1 Å². The van der Waals surface area contributed by atoms with Gasteiger partial charge in [0.15, 0.2) is 5.78 Å². The zero-order valence-electron chi connectivity index (χ0n) is 12.3. The lowest BCUT2D eigenvalue weighted by Crippen LogP contribution is -2.12. The molecule has 0 radical (unpaired) electrons. The van der Waals surface area contributed by atoms with Crippen LogP contribution in [0.3, 0.4) is 0 Å². The van der Waals surface area contributed by atoms with Crippen LogP contribution in [-0.2, 0) is 11.2 Å². The molecule has 1 aliphatic carbocycles. The molecule has 108 valence electrons. The maximum Gasteiger partial charge on any atom is 0.221 e. The summed E-state index contributed by atoms with van der Waals surface area (Å²) in [5.74, 6) is 0.163. The summed E-state index contributed by atoms with van der Waals surface area (Å²) in [5, 5.41) is 2.76. The number of anilines is 1. The van der Waals surface area contributed by atoms with E-state index in [-0.39, 0.29) is 11.7 Å². The molecule has 2 aromatic rings. The van der Waals surface area contributed by atoms with Crippen LogP contribution in [0.5, 0.6) is 0 Å². The fraction of sp³-hybridized carbons (Fsp3) is 0.294. The number of rotatable bonds is 2. The molecular weight excluding hydrogens is 264 g/mol. The van der Waals surface area contributed by atoms with Crippen LogP contribution >= 0.6 is 0 Å². The number of hydrogen-bond donors (Lipinski definition) is 1. The van der Waals surface area contributed by atoms with Gasteiger partial charge in [0.05, 0.1) is 0 Å². The van der Waals surface area contributed by atoms with Crippen molar-refractivity contribution in [3.8, 4) is 5.69 Å². The molecule has 3 rings (SSSR count). The Labute approximate surface area is 123 Å². The van der Waals surface area contributed by atoms with Crippen LogP contribution in [0.15, 0.2) is 30.3 Å². The fourth-order valence-electron chi connectivity index (χ4n) is 2.99. The predicted octanol–water partition coefficient (Wildman–Crippen LogP) is 3.26. The maximum atomic E-state index is 12.0. The molecule has 0 spiro atoms. The number of carbonyl (C=O) groups excluding carboxylic acids is 2. The monoisotopic (exact) mass is 282 g/mol. The van der Waals surface area contributed by atoms with Gasteiger partial charge in [-0.25, -0.2) is 0 Å². The largest absolute Gasteiger partial charge is 0.326 e. The molecule has 0 fully saturated rings. The van der Waals surface area contributed by atoms with Gasteiger partial charge in [-0.3, -0.25) is 9.59 Å². The summed E-state index contributed by atoms with van der Waals surface area (Å²) in [4.78, 5) is 23.1. The Morgan fingerprint density at radius 2 is 1.90 bits per heavy atom. The number of nitrogens with one attached hydrogen (secondary N) is 1. The molecular formula is C17H18N2O2. The number of aryl methyl sites for hydroxylation is 1. The lowest BCUT2D eigenvalue weighted by Gasteiger charge is -2.16. The topological polar surface area (TPSA) is 51.1 Å². The zero-order valence-corrected chi connectivity index (χ0v) is 12.3. The first-order valence-corrected chi connectivity index (χ1v) is 7.18. The molecule has 1 heterocycles. The van der Waals surface area contributed by atoms with Crippen molar-refractivity contribution in [2.24, 2.45) is 0 Å². The van der Waals surface area contributed by atoms with Crippen molar-refractivity contribution in [1.29, 1.82) is 0 Å². The van der Waals surface area contributed by atoms with Crippen molar-refractivity contribution in [1.82, 2.24) is 4.57 Å². The summed E-state index contributed by atoms with van der Waals surface area (Å²) in [7, 11) is 0. The third-order valence-electron chi connectivity index (χ3n) is 3.85. The Kier molecular flexibility index (Phi) is 3.37. The van der Waals surface area contributed by atoms with Gasteiger partial charge >= 0.3 is 0 Å². The van der Waals surface area contributed by atoms with E-state index in [1.54, 1.807) is 0 Å². The van der Waals surface area contributed by atoms with Crippen LogP contribution in [0, 0.1) is 6.92 Å². The summed E-state index contributed by atoms with van der Waals surface area (Å²) >= 11 is 0. The standard InChI is InChI=1S/C17H18N2O2/c1-11-10-15-16(4-3-5-17(15)21)19(11)14-8-6-13(7-9-14)18-12(2)20/h6-10H,3-5H2,1-2H3,(H,18,20). The van der Waals surface area contributed by atoms with Crippen LogP contribution in [0.2, 0.25) is 0 Å². The Balaban J connectivity index is 2.01. The van der Waals surface area contributed by atoms with Gasteiger partial charge in [-0.2, -0.15) is 0 Å². The Morgan fingerprint density at radius 3 is 2.57 bits per heavy atom. The second-order valence-electron chi connectivity index (χ2n) is 5.49. The lowest BCUT2D eigenvalue weighted by atomic mass is 9.96. The molecule has 1 aliphatic rings. The first-order valence-electron chi connectivity index (χ1n) is 7.18. The van der Waals surface area contributed by atoms with Gasteiger partial charge in [-0.15, -0.1) is 0 Å². The first-order chi connectivity index (χ1) is 10.1. The Morgan fingerprint density at radius 1 is 1.19 bits per heavy atom. The van der Waals surface area contributed by atoms with E-state index in [4.69, 9.17) is 0 Å². The lowest BCUT2D eigenvalue weighted by molar-refractivity contribution is -0.114. The summed E-state index contributed by atoms with van der Waals surface area (Å²) in [6, 6.07) is 9.69. The average Bonchev–Trinajstić information content (AvgIpc) is 2.77. The number of ketones is 1. The molecule has 0 saturated carbocycles. The molecule has 4 heteroatoms. The number of benzene rings is 1. The summed E-state index contributed by atoms with van der Waals surface area (Å²) < 4.78 is 2.14. The van der Waals surface area contributed by atoms with Crippen molar-refractivity contribution in [3.63, 3.8) is 0 Å². The van der Waals surface area contributed by atoms with Crippen molar-refractivity contribution in [3.05, 3.63) is 47.3 Å². The number of Topliss-reactive ketones (excluding diaryl/α,β-unsaturated/α-hetero) is 1. The second kappa shape index (κ2) is 5.20. The third kappa shape index (κ3) is 2.49. The Bertz CT molecular complexity index is 711. The minimum Gasteiger partial charge on any atom is -0.326 e. The number of hydrogen-bond acceptors (Lipinski definition) is 2. The Hall–Kier alpha value is -2.36. The normalized spacial score (nSPS) is 13.9.